The highest BCUT2D eigenvalue weighted by molar-refractivity contribution is 8.00. The van der Waals surface area contributed by atoms with Gasteiger partial charge in [-0.05, 0) is 49.1 Å². The van der Waals surface area contributed by atoms with E-state index in [0.29, 0.717) is 29.1 Å². The zero-order chi connectivity index (χ0) is 32.7. The number of nitrogens with zero attached hydrogens (tertiary/aromatic N) is 5. The number of aromatic nitrogens is 3. The number of fused-ring (bicyclic) bond motifs is 1. The first-order valence-corrected chi connectivity index (χ1v) is 15.2. The number of anilines is 2. The Balaban J connectivity index is 1.85. The van der Waals surface area contributed by atoms with E-state index in [9.17, 15) is 27.2 Å². The van der Waals surface area contributed by atoms with E-state index in [4.69, 9.17) is 9.47 Å². The molecule has 15 heteroatoms. The van der Waals surface area contributed by atoms with E-state index in [1.807, 2.05) is 6.92 Å². The maximum atomic E-state index is 13.8. The number of halogens is 4. The first-order valence-electron chi connectivity index (χ1n) is 14.2. The van der Waals surface area contributed by atoms with Crippen LogP contribution in [0, 0.1) is 0 Å². The van der Waals surface area contributed by atoms with Crippen molar-refractivity contribution in [3.05, 3.63) is 65.1 Å². The quantitative estimate of drug-likeness (QED) is 0.195. The molecule has 1 aliphatic heterocycles. The van der Waals surface area contributed by atoms with Crippen LogP contribution in [0.5, 0.6) is 5.88 Å². The lowest BCUT2D eigenvalue weighted by Gasteiger charge is -2.43. The van der Waals surface area contributed by atoms with Crippen LogP contribution in [0.25, 0.3) is 0 Å². The van der Waals surface area contributed by atoms with Crippen molar-refractivity contribution in [2.75, 3.05) is 36.3 Å². The second-order valence-electron chi connectivity index (χ2n) is 10.1. The van der Waals surface area contributed by atoms with Crippen molar-refractivity contribution in [2.24, 2.45) is 0 Å². The third-order valence-corrected chi connectivity index (χ3v) is 8.19. The molecule has 3 heterocycles. The molecule has 1 aromatic carbocycles. The highest BCUT2D eigenvalue weighted by atomic mass is 32.2. The van der Waals surface area contributed by atoms with Crippen LogP contribution in [0.1, 0.15) is 55.1 Å². The van der Waals surface area contributed by atoms with Crippen molar-refractivity contribution < 1.29 is 36.6 Å². The fourth-order valence-electron chi connectivity index (χ4n) is 5.11. The first kappa shape index (κ1) is 33.7. The number of nitrogens with one attached hydrogen (secondary N) is 1. The topological polar surface area (TPSA) is 110 Å². The number of benzene rings is 1. The third kappa shape index (κ3) is 7.93. The van der Waals surface area contributed by atoms with Crippen LogP contribution in [0.3, 0.4) is 0 Å². The zero-order valence-corrected chi connectivity index (χ0v) is 26.0. The number of alkyl halides is 4. The summed E-state index contributed by atoms with van der Waals surface area (Å²) >= 11 is 1.22. The van der Waals surface area contributed by atoms with Crippen LogP contribution in [0.2, 0.25) is 0 Å². The van der Waals surface area contributed by atoms with Crippen LogP contribution in [-0.2, 0) is 28.9 Å². The molecule has 0 bridgehead atoms. The molecule has 10 nitrogen and oxygen atoms in total. The van der Waals surface area contributed by atoms with Crippen LogP contribution in [0.15, 0.2) is 47.6 Å². The number of methoxy groups -OCH3 is 1. The van der Waals surface area contributed by atoms with Gasteiger partial charge in [0.2, 0.25) is 17.7 Å². The van der Waals surface area contributed by atoms with E-state index in [0.717, 1.165) is 12.1 Å². The third-order valence-electron chi connectivity index (χ3n) is 7.24. The van der Waals surface area contributed by atoms with Gasteiger partial charge in [-0.15, -0.1) is 11.8 Å². The Morgan fingerprint density at radius 3 is 2.44 bits per heavy atom. The van der Waals surface area contributed by atoms with Gasteiger partial charge in [0.15, 0.2) is 0 Å². The Kier molecular flexibility index (Phi) is 11.1. The maximum Gasteiger partial charge on any atom is 0.416 e. The standard InChI is InChI=1S/C30H34F4N6O4S/c1-5-21-12-24(27-23(7-8-26(38-27)43-4)40(21)29(42)44-6-2)39(28-36-14-22(15-37-28)45-17-25(41)35-3)16-19-9-18(13-31)10-20(11-19)30(32,33)34/h7-11,14-15,21,24H,5-6,12-13,16-17H2,1-4H3,(H,35,41)/t21-,24+/m1/s1. The Morgan fingerprint density at radius 2 is 1.84 bits per heavy atom. The van der Waals surface area contributed by atoms with Crippen LogP contribution in [-0.4, -0.2) is 59.5 Å². The molecular formula is C30H34F4N6O4S. The van der Waals surface area contributed by atoms with Crippen molar-refractivity contribution in [1.29, 1.82) is 0 Å². The summed E-state index contributed by atoms with van der Waals surface area (Å²) in [5.74, 6) is 0.381. The number of thioether (sulfide) groups is 1. The summed E-state index contributed by atoms with van der Waals surface area (Å²) in [4.78, 5) is 42.4. The number of ether oxygens (including phenoxy) is 2. The number of carbonyl (C=O) groups is 2. The molecule has 0 unspecified atom stereocenters. The van der Waals surface area contributed by atoms with E-state index in [-0.39, 0.29) is 53.8 Å². The molecule has 2 aromatic heterocycles. The van der Waals surface area contributed by atoms with Gasteiger partial charge in [0, 0.05) is 43.0 Å². The van der Waals surface area contributed by atoms with Crippen molar-refractivity contribution >= 4 is 35.4 Å². The Labute approximate surface area is 262 Å². The number of pyridine rings is 1. The maximum absolute atomic E-state index is 13.8. The SMILES string of the molecule is CCOC(=O)N1c2ccc(OC)nc2[C@@H](N(Cc2cc(CF)cc(C(F)(F)F)c2)c2ncc(SCC(=O)NC)cn2)C[C@H]1CC. The fraction of sp³-hybridized carbons (Fsp3) is 0.433. The summed E-state index contributed by atoms with van der Waals surface area (Å²) in [6, 6.07) is 5.43. The molecule has 0 saturated heterocycles. The average molecular weight is 651 g/mol. The summed E-state index contributed by atoms with van der Waals surface area (Å²) in [5.41, 5.74) is -0.0480. The predicted octanol–water partition coefficient (Wildman–Crippen LogP) is 6.10. The normalized spacial score (nSPS) is 16.1. The van der Waals surface area contributed by atoms with Gasteiger partial charge in [0.05, 0.1) is 42.5 Å². The highest BCUT2D eigenvalue weighted by Gasteiger charge is 2.41. The molecule has 0 fully saturated rings. The summed E-state index contributed by atoms with van der Waals surface area (Å²) < 4.78 is 65.9. The van der Waals surface area contributed by atoms with Gasteiger partial charge in [-0.3, -0.25) is 9.69 Å². The minimum absolute atomic E-state index is 0.120. The van der Waals surface area contributed by atoms with Gasteiger partial charge in [0.25, 0.3) is 0 Å². The number of hydrogen-bond acceptors (Lipinski definition) is 9. The van der Waals surface area contributed by atoms with Gasteiger partial charge < -0.3 is 19.7 Å². The predicted molar refractivity (Wildman–Crippen MR) is 161 cm³/mol. The van der Waals surface area contributed by atoms with Crippen LogP contribution >= 0.6 is 11.8 Å². The summed E-state index contributed by atoms with van der Waals surface area (Å²) in [5, 5.41) is 2.54. The van der Waals surface area contributed by atoms with Crippen molar-refractivity contribution in [3.63, 3.8) is 0 Å². The molecule has 2 atom stereocenters. The van der Waals surface area contributed by atoms with Gasteiger partial charge in [0.1, 0.15) is 6.67 Å². The smallest absolute Gasteiger partial charge is 0.416 e. The van der Waals surface area contributed by atoms with Crippen LogP contribution < -0.4 is 19.9 Å². The zero-order valence-electron chi connectivity index (χ0n) is 25.2. The van der Waals surface area contributed by atoms with E-state index in [1.165, 1.54) is 49.3 Å². The Hall–Kier alpha value is -4.14. The molecule has 1 aliphatic rings. The van der Waals surface area contributed by atoms with Crippen molar-refractivity contribution in [3.8, 4) is 5.88 Å². The molecular weight excluding hydrogens is 616 g/mol. The monoisotopic (exact) mass is 650 g/mol. The van der Waals surface area contributed by atoms with Crippen LogP contribution in [0.4, 0.5) is 34.0 Å². The molecule has 0 spiro atoms. The van der Waals surface area contributed by atoms with E-state index >= 15 is 0 Å². The van der Waals surface area contributed by atoms with E-state index in [1.54, 1.807) is 24.0 Å². The number of amides is 2. The summed E-state index contributed by atoms with van der Waals surface area (Å²) in [6.45, 7) is 2.55. The van der Waals surface area contributed by atoms with Gasteiger partial charge in [-0.1, -0.05) is 13.0 Å². The van der Waals surface area contributed by atoms with Gasteiger partial charge in [-0.25, -0.2) is 24.1 Å². The largest absolute Gasteiger partial charge is 0.481 e. The molecule has 45 heavy (non-hydrogen) atoms. The molecule has 4 rings (SSSR count). The summed E-state index contributed by atoms with van der Waals surface area (Å²) in [7, 11) is 2.97. The lowest BCUT2D eigenvalue weighted by Crippen LogP contribution is -2.48. The minimum atomic E-state index is -4.69. The first-order chi connectivity index (χ1) is 21.5. The second kappa shape index (κ2) is 14.8. The van der Waals surface area contributed by atoms with Crippen molar-refractivity contribution in [2.45, 2.75) is 63.1 Å². The molecule has 2 amide bonds. The lowest BCUT2D eigenvalue weighted by molar-refractivity contribution is -0.137. The van der Waals surface area contributed by atoms with E-state index < -0.39 is 30.5 Å². The molecule has 1 N–H and O–H groups in total. The number of hydrogen-bond donors (Lipinski definition) is 1. The van der Waals surface area contributed by atoms with Crippen molar-refractivity contribution in [1.82, 2.24) is 20.3 Å². The van der Waals surface area contributed by atoms with E-state index in [2.05, 4.69) is 20.3 Å². The number of carbonyl (C=O) groups excluding carboxylic acids is 2. The number of rotatable bonds is 11. The van der Waals surface area contributed by atoms with Gasteiger partial charge >= 0.3 is 12.3 Å². The average Bonchev–Trinajstić information content (AvgIpc) is 3.04. The highest BCUT2D eigenvalue weighted by Crippen LogP contribution is 2.43. The Bertz CT molecular complexity index is 1490. The Morgan fingerprint density at radius 1 is 1.13 bits per heavy atom. The molecule has 3 aromatic rings. The fourth-order valence-corrected chi connectivity index (χ4v) is 5.81. The lowest BCUT2D eigenvalue weighted by atomic mass is 9.92. The van der Waals surface area contributed by atoms with Gasteiger partial charge in [-0.2, -0.15) is 13.2 Å². The molecule has 0 radical (unpaired) electrons. The molecule has 0 aliphatic carbocycles. The summed E-state index contributed by atoms with van der Waals surface area (Å²) in [6.07, 6.45) is -1.37. The minimum Gasteiger partial charge on any atom is -0.481 e. The molecule has 0 saturated carbocycles. The second-order valence-corrected chi connectivity index (χ2v) is 11.2. The molecule has 242 valence electrons.